The standard InChI is InChI=1S/C20H17F8NO4S2/c1-4-14-13(9-16(34-14)18(21,22)20(26,27)28)29(10(3)30)17(31)12-7-6-11(19(23,24)25)8-15(12)35(32,33)5-2/h6-9H,4-5H2,1-3H3. The maximum atomic E-state index is 13.9. The molecule has 0 bridgehead atoms. The first-order chi connectivity index (χ1) is 15.8. The van der Waals surface area contributed by atoms with Crippen LogP contribution in [-0.4, -0.2) is 32.2 Å². The minimum absolute atomic E-state index is 0.0114. The van der Waals surface area contributed by atoms with Crippen LogP contribution in [0.2, 0.25) is 0 Å². The Kier molecular flexibility index (Phi) is 7.77. The molecule has 2 rings (SSSR count). The second kappa shape index (κ2) is 9.48. The highest BCUT2D eigenvalue weighted by Gasteiger charge is 2.60. The van der Waals surface area contributed by atoms with Gasteiger partial charge in [-0.3, -0.25) is 9.59 Å². The summed E-state index contributed by atoms with van der Waals surface area (Å²) >= 11 is -0.0114. The van der Waals surface area contributed by atoms with E-state index in [4.69, 9.17) is 0 Å². The van der Waals surface area contributed by atoms with E-state index in [9.17, 15) is 53.1 Å². The van der Waals surface area contributed by atoms with Gasteiger partial charge in [0.1, 0.15) is 0 Å². The van der Waals surface area contributed by atoms with Crippen molar-refractivity contribution >= 4 is 38.7 Å². The van der Waals surface area contributed by atoms with Crippen LogP contribution in [0.25, 0.3) is 0 Å². The molecule has 0 saturated carbocycles. The molecule has 0 aliphatic rings. The number of amides is 2. The number of hydrogen-bond acceptors (Lipinski definition) is 5. The van der Waals surface area contributed by atoms with Crippen molar-refractivity contribution in [1.82, 2.24) is 0 Å². The summed E-state index contributed by atoms with van der Waals surface area (Å²) in [5.74, 6) is -8.75. The zero-order valence-corrected chi connectivity index (χ0v) is 19.8. The Bertz CT molecular complexity index is 1250. The predicted molar refractivity (Wildman–Crippen MR) is 110 cm³/mol. The van der Waals surface area contributed by atoms with Gasteiger partial charge in [-0.05, 0) is 30.7 Å². The monoisotopic (exact) mass is 551 g/mol. The third-order valence-electron chi connectivity index (χ3n) is 4.79. The van der Waals surface area contributed by atoms with Crippen molar-refractivity contribution in [3.05, 3.63) is 45.1 Å². The molecule has 0 atom stereocenters. The minimum Gasteiger partial charge on any atom is -0.274 e. The number of alkyl halides is 8. The van der Waals surface area contributed by atoms with Crippen molar-refractivity contribution in [2.24, 2.45) is 0 Å². The highest BCUT2D eigenvalue weighted by Crippen LogP contribution is 2.49. The molecule has 0 aliphatic heterocycles. The van der Waals surface area contributed by atoms with E-state index in [1.165, 1.54) is 6.92 Å². The molecule has 0 aliphatic carbocycles. The van der Waals surface area contributed by atoms with Gasteiger partial charge in [0, 0.05) is 11.8 Å². The van der Waals surface area contributed by atoms with Gasteiger partial charge in [-0.25, -0.2) is 13.3 Å². The van der Waals surface area contributed by atoms with Crippen molar-refractivity contribution in [1.29, 1.82) is 0 Å². The van der Waals surface area contributed by atoms with E-state index in [1.54, 1.807) is 0 Å². The van der Waals surface area contributed by atoms with E-state index >= 15 is 0 Å². The van der Waals surface area contributed by atoms with Crippen LogP contribution in [0.5, 0.6) is 0 Å². The lowest BCUT2D eigenvalue weighted by atomic mass is 10.1. The minimum atomic E-state index is -5.99. The molecule has 2 amide bonds. The molecule has 0 unspecified atom stereocenters. The summed E-state index contributed by atoms with van der Waals surface area (Å²) in [6.45, 7) is 3.19. The van der Waals surface area contributed by atoms with E-state index in [0.29, 0.717) is 12.1 Å². The molecule has 0 N–H and O–H groups in total. The normalized spacial score (nSPS) is 13.1. The number of nitrogens with zero attached hydrogens (tertiary/aromatic N) is 1. The maximum Gasteiger partial charge on any atom is 0.458 e. The lowest BCUT2D eigenvalue weighted by Crippen LogP contribution is -2.37. The number of halogens is 8. The van der Waals surface area contributed by atoms with Gasteiger partial charge in [-0.2, -0.15) is 35.1 Å². The van der Waals surface area contributed by atoms with Gasteiger partial charge >= 0.3 is 18.3 Å². The van der Waals surface area contributed by atoms with Crippen LogP contribution in [0.1, 0.15) is 46.4 Å². The van der Waals surface area contributed by atoms with Gasteiger partial charge in [-0.1, -0.05) is 13.8 Å². The number of aryl methyl sites for hydroxylation is 1. The molecule has 194 valence electrons. The molecule has 0 fully saturated rings. The summed E-state index contributed by atoms with van der Waals surface area (Å²) in [6, 6.07) is 1.38. The van der Waals surface area contributed by atoms with Gasteiger partial charge in [0.25, 0.3) is 5.91 Å². The Hall–Kier alpha value is -2.55. The molecule has 1 aromatic heterocycles. The van der Waals surface area contributed by atoms with Gasteiger partial charge < -0.3 is 0 Å². The Balaban J connectivity index is 2.78. The lowest BCUT2D eigenvalue weighted by Gasteiger charge is -2.22. The Labute approximate surface area is 198 Å². The van der Waals surface area contributed by atoms with Crippen molar-refractivity contribution in [2.75, 3.05) is 10.7 Å². The fourth-order valence-corrected chi connectivity index (χ4v) is 5.17. The number of carbonyl (C=O) groups excluding carboxylic acids is 2. The van der Waals surface area contributed by atoms with Crippen molar-refractivity contribution in [3.8, 4) is 0 Å². The first-order valence-corrected chi connectivity index (χ1v) is 12.1. The summed E-state index contributed by atoms with van der Waals surface area (Å²) in [5.41, 5.74) is -2.95. The average molecular weight is 551 g/mol. The third-order valence-corrected chi connectivity index (χ3v) is 7.89. The Morgan fingerprint density at radius 1 is 0.971 bits per heavy atom. The number of sulfone groups is 1. The van der Waals surface area contributed by atoms with Crippen LogP contribution >= 0.6 is 11.3 Å². The van der Waals surface area contributed by atoms with Crippen LogP contribution in [-0.2, 0) is 33.2 Å². The predicted octanol–water partition coefficient (Wildman–Crippen LogP) is 5.97. The Morgan fingerprint density at radius 2 is 1.54 bits per heavy atom. The van der Waals surface area contributed by atoms with Gasteiger partial charge in [0.2, 0.25) is 5.91 Å². The largest absolute Gasteiger partial charge is 0.458 e. The zero-order valence-electron chi connectivity index (χ0n) is 18.1. The fourth-order valence-electron chi connectivity index (χ4n) is 2.99. The molecule has 0 radical (unpaired) electrons. The van der Waals surface area contributed by atoms with E-state index in [1.807, 2.05) is 0 Å². The number of carbonyl (C=O) groups is 2. The highest BCUT2D eigenvalue weighted by atomic mass is 32.2. The van der Waals surface area contributed by atoms with Crippen LogP contribution in [0.4, 0.5) is 40.8 Å². The second-order valence-electron chi connectivity index (χ2n) is 7.12. The maximum absolute atomic E-state index is 13.9. The summed E-state index contributed by atoms with van der Waals surface area (Å²) in [5, 5.41) is 0. The summed E-state index contributed by atoms with van der Waals surface area (Å²) in [7, 11) is -4.48. The molecule has 5 nitrogen and oxygen atoms in total. The van der Waals surface area contributed by atoms with E-state index in [-0.39, 0.29) is 39.7 Å². The molecule has 0 saturated heterocycles. The molecular formula is C20H17F8NO4S2. The number of thiophene rings is 1. The van der Waals surface area contributed by atoms with Crippen LogP contribution in [0.3, 0.4) is 0 Å². The summed E-state index contributed by atoms with van der Waals surface area (Å²) in [6.07, 6.45) is -11.2. The van der Waals surface area contributed by atoms with E-state index in [0.717, 1.165) is 13.8 Å². The van der Waals surface area contributed by atoms with Gasteiger partial charge in [0.15, 0.2) is 9.84 Å². The second-order valence-corrected chi connectivity index (χ2v) is 10.5. The number of anilines is 1. The first-order valence-electron chi connectivity index (χ1n) is 9.66. The lowest BCUT2D eigenvalue weighted by molar-refractivity contribution is -0.287. The molecule has 0 spiro atoms. The van der Waals surface area contributed by atoms with Crippen LogP contribution < -0.4 is 4.90 Å². The summed E-state index contributed by atoms with van der Waals surface area (Å²) < 4.78 is 131. The summed E-state index contributed by atoms with van der Waals surface area (Å²) in [4.78, 5) is 22.9. The van der Waals surface area contributed by atoms with Crippen LogP contribution in [0.15, 0.2) is 29.2 Å². The van der Waals surface area contributed by atoms with E-state index in [2.05, 4.69) is 0 Å². The highest BCUT2D eigenvalue weighted by molar-refractivity contribution is 7.91. The fraction of sp³-hybridized carbons (Fsp3) is 0.400. The molecular weight excluding hydrogens is 534 g/mol. The SMILES string of the molecule is CCc1sc(C(F)(F)C(F)(F)F)cc1N(C(C)=O)C(=O)c1ccc(C(F)(F)F)cc1S(=O)(=O)CC. The van der Waals surface area contributed by atoms with Crippen LogP contribution in [0, 0.1) is 0 Å². The van der Waals surface area contributed by atoms with Crippen molar-refractivity contribution in [2.45, 2.75) is 50.4 Å². The molecule has 1 aromatic carbocycles. The molecule has 2 aromatic rings. The number of imide groups is 1. The number of hydrogen-bond donors (Lipinski definition) is 0. The Morgan fingerprint density at radius 3 is 1.97 bits per heavy atom. The number of rotatable bonds is 6. The average Bonchev–Trinajstić information content (AvgIpc) is 3.16. The number of benzene rings is 1. The van der Waals surface area contributed by atoms with Gasteiger partial charge in [-0.15, -0.1) is 11.3 Å². The topological polar surface area (TPSA) is 71.5 Å². The molecule has 35 heavy (non-hydrogen) atoms. The molecule has 15 heteroatoms. The van der Waals surface area contributed by atoms with Crippen molar-refractivity contribution < 1.29 is 53.1 Å². The van der Waals surface area contributed by atoms with E-state index < -0.39 is 72.3 Å². The van der Waals surface area contributed by atoms with Gasteiger partial charge in [0.05, 0.1) is 32.3 Å². The van der Waals surface area contributed by atoms with Crippen molar-refractivity contribution in [3.63, 3.8) is 0 Å². The first kappa shape index (κ1) is 28.7. The zero-order chi connectivity index (χ0) is 27.1. The molecule has 1 heterocycles. The third kappa shape index (κ3) is 5.50. The smallest absolute Gasteiger partial charge is 0.274 e. The quantitative estimate of drug-likeness (QED) is 0.415.